The second kappa shape index (κ2) is 12.2. The van der Waals surface area contributed by atoms with Gasteiger partial charge in [0.15, 0.2) is 17.3 Å². The molecule has 40 heavy (non-hydrogen) atoms. The van der Waals surface area contributed by atoms with Gasteiger partial charge in [0.2, 0.25) is 27.7 Å². The summed E-state index contributed by atoms with van der Waals surface area (Å²) in [6.07, 6.45) is 4.62. The minimum absolute atomic E-state index is 0.123. The fourth-order valence-electron chi connectivity index (χ4n) is 4.31. The van der Waals surface area contributed by atoms with Crippen LogP contribution in [0, 0.1) is 0 Å². The van der Waals surface area contributed by atoms with E-state index in [0.29, 0.717) is 30.3 Å². The van der Waals surface area contributed by atoms with E-state index in [1.165, 1.54) is 44.4 Å². The zero-order chi connectivity index (χ0) is 29.1. The number of methoxy groups -OCH3 is 2. The number of halogens is 1. The minimum Gasteiger partial charge on any atom is -0.479 e. The van der Waals surface area contributed by atoms with Gasteiger partial charge in [0, 0.05) is 19.0 Å². The maximum absolute atomic E-state index is 13.8. The summed E-state index contributed by atoms with van der Waals surface area (Å²) in [5.41, 5.74) is -0.189. The van der Waals surface area contributed by atoms with Crippen LogP contribution in [-0.4, -0.2) is 74.8 Å². The van der Waals surface area contributed by atoms with Crippen molar-refractivity contribution in [1.82, 2.24) is 34.7 Å². The van der Waals surface area contributed by atoms with Crippen LogP contribution in [0.2, 0.25) is 5.02 Å². The van der Waals surface area contributed by atoms with Gasteiger partial charge in [0.25, 0.3) is 0 Å². The molecule has 1 aliphatic rings. The van der Waals surface area contributed by atoms with Crippen LogP contribution in [0.4, 0.5) is 5.95 Å². The predicted molar refractivity (Wildman–Crippen MR) is 145 cm³/mol. The number of nitrogens with zero attached hydrogens (tertiary/aromatic N) is 7. The Labute approximate surface area is 237 Å². The maximum Gasteiger partial charge on any atom is 0.245 e. The van der Waals surface area contributed by atoms with E-state index in [9.17, 15) is 8.42 Å². The van der Waals surface area contributed by atoms with Crippen LogP contribution < -0.4 is 14.2 Å². The van der Waals surface area contributed by atoms with Crippen LogP contribution in [0.25, 0.3) is 5.69 Å². The highest BCUT2D eigenvalue weighted by molar-refractivity contribution is 7.93. The Hall–Kier alpha value is -3.14. The first-order valence-corrected chi connectivity index (χ1v) is 14.6. The fraction of sp³-hybridized carbons (Fsp3) is 0.583. The molecule has 0 unspecified atom stereocenters. The molecule has 0 aromatic carbocycles. The first-order chi connectivity index (χ1) is 19.0. The Morgan fingerprint density at radius 1 is 1.15 bits per heavy atom. The molecule has 1 N–H and O–H groups in total. The smallest absolute Gasteiger partial charge is 0.245 e. The van der Waals surface area contributed by atoms with Crippen molar-refractivity contribution in [2.24, 2.45) is 0 Å². The fourth-order valence-corrected chi connectivity index (χ4v) is 5.51. The summed E-state index contributed by atoms with van der Waals surface area (Å²) in [6, 6.07) is 0. The first kappa shape index (κ1) is 29.8. The van der Waals surface area contributed by atoms with Crippen molar-refractivity contribution in [3.05, 3.63) is 35.4 Å². The monoisotopic (exact) mass is 596 g/mol. The van der Waals surface area contributed by atoms with E-state index in [4.69, 9.17) is 30.5 Å². The van der Waals surface area contributed by atoms with Gasteiger partial charge in [-0.2, -0.15) is 9.97 Å². The van der Waals surface area contributed by atoms with Crippen LogP contribution in [0.1, 0.15) is 70.8 Å². The number of rotatable bonds is 12. The normalized spacial score (nSPS) is 18.3. The molecule has 218 valence electrons. The molecule has 0 saturated carbocycles. The van der Waals surface area contributed by atoms with Crippen molar-refractivity contribution < 1.29 is 27.4 Å². The standard InChI is InChI=1S/C24H33ClN8O6S/c1-7-10-38-18(19-26-11-15(25)12-27-19)14(2)40(34,35)32-23-31-30-20(16-8-9-24(3,4)39-16)33(23)17-21(36-5)28-13-29-22(17)37-6/h11-14,16,18H,7-10H2,1-6H3,(H,31,32)/t14-,16+,18+/m0/s1. The van der Waals surface area contributed by atoms with Crippen LogP contribution in [-0.2, 0) is 19.5 Å². The van der Waals surface area contributed by atoms with Crippen molar-refractivity contribution >= 4 is 27.6 Å². The maximum atomic E-state index is 13.8. The Morgan fingerprint density at radius 2 is 1.80 bits per heavy atom. The van der Waals surface area contributed by atoms with E-state index < -0.39 is 33.1 Å². The molecule has 14 nitrogen and oxygen atoms in total. The van der Waals surface area contributed by atoms with Gasteiger partial charge in [-0.25, -0.2) is 18.4 Å². The lowest BCUT2D eigenvalue weighted by Gasteiger charge is -2.24. The number of anilines is 1. The highest BCUT2D eigenvalue weighted by Crippen LogP contribution is 2.42. The van der Waals surface area contributed by atoms with Crippen LogP contribution in [0.5, 0.6) is 11.8 Å². The third kappa shape index (κ3) is 6.27. The molecule has 0 aliphatic carbocycles. The van der Waals surface area contributed by atoms with Crippen molar-refractivity contribution in [2.45, 2.75) is 70.0 Å². The minimum atomic E-state index is -4.18. The van der Waals surface area contributed by atoms with Crippen molar-refractivity contribution in [3.8, 4) is 17.4 Å². The summed E-state index contributed by atoms with van der Waals surface area (Å²) in [5, 5.41) is 7.69. The molecule has 1 saturated heterocycles. The van der Waals surface area contributed by atoms with Gasteiger partial charge in [-0.1, -0.05) is 18.5 Å². The van der Waals surface area contributed by atoms with Crippen LogP contribution in [0.15, 0.2) is 18.7 Å². The lowest BCUT2D eigenvalue weighted by molar-refractivity contribution is -0.0207. The van der Waals surface area contributed by atoms with Gasteiger partial charge in [-0.05, 0) is 40.0 Å². The molecule has 0 radical (unpaired) electrons. The van der Waals surface area contributed by atoms with Gasteiger partial charge in [-0.3, -0.25) is 9.29 Å². The van der Waals surface area contributed by atoms with Gasteiger partial charge >= 0.3 is 0 Å². The Morgan fingerprint density at radius 3 is 2.35 bits per heavy atom. The van der Waals surface area contributed by atoms with Crippen molar-refractivity contribution in [2.75, 3.05) is 25.5 Å². The lowest BCUT2D eigenvalue weighted by Crippen LogP contribution is -2.34. The summed E-state index contributed by atoms with van der Waals surface area (Å²) >= 11 is 5.94. The van der Waals surface area contributed by atoms with Gasteiger partial charge in [0.05, 0.1) is 24.8 Å². The summed E-state index contributed by atoms with van der Waals surface area (Å²) in [6.45, 7) is 7.65. The number of hydrogen-bond donors (Lipinski definition) is 1. The molecule has 3 atom stereocenters. The van der Waals surface area contributed by atoms with Gasteiger partial charge in [-0.15, -0.1) is 10.2 Å². The highest BCUT2D eigenvalue weighted by Gasteiger charge is 2.39. The highest BCUT2D eigenvalue weighted by atomic mass is 35.5. The average Bonchev–Trinajstić information content (AvgIpc) is 3.50. The largest absolute Gasteiger partial charge is 0.479 e. The molecule has 0 bridgehead atoms. The molecule has 0 spiro atoms. The molecule has 4 heterocycles. The quantitative estimate of drug-likeness (QED) is 0.324. The predicted octanol–water partition coefficient (Wildman–Crippen LogP) is 3.45. The van der Waals surface area contributed by atoms with E-state index in [-0.39, 0.29) is 29.2 Å². The third-order valence-electron chi connectivity index (χ3n) is 6.36. The Kier molecular flexibility index (Phi) is 9.07. The molecule has 4 rings (SSSR count). The SMILES string of the molecule is CCCO[C@@H](c1ncc(Cl)cn1)[C@H](C)S(=O)(=O)Nc1nnc([C@H]2CCC(C)(C)O2)n1-c1c(OC)ncnc1OC. The molecule has 1 fully saturated rings. The lowest BCUT2D eigenvalue weighted by atomic mass is 10.1. The molecule has 16 heteroatoms. The summed E-state index contributed by atoms with van der Waals surface area (Å²) < 4.78 is 54.7. The van der Waals surface area contributed by atoms with E-state index in [0.717, 1.165) is 6.42 Å². The molecular formula is C24H33ClN8O6S. The van der Waals surface area contributed by atoms with Gasteiger partial charge < -0.3 is 18.9 Å². The van der Waals surface area contributed by atoms with Crippen LogP contribution >= 0.6 is 11.6 Å². The second-order valence-corrected chi connectivity index (χ2v) is 12.2. The number of ether oxygens (including phenoxy) is 4. The zero-order valence-corrected chi connectivity index (χ0v) is 24.7. The Balaban J connectivity index is 1.79. The van der Waals surface area contributed by atoms with Gasteiger partial charge in [0.1, 0.15) is 23.8 Å². The van der Waals surface area contributed by atoms with E-state index in [1.807, 2.05) is 20.8 Å². The summed E-state index contributed by atoms with van der Waals surface area (Å²) in [5.74, 6) is 0.629. The topological polar surface area (TPSA) is 165 Å². The van der Waals surface area contributed by atoms with E-state index in [1.54, 1.807) is 0 Å². The molecule has 3 aromatic rings. The van der Waals surface area contributed by atoms with Crippen LogP contribution in [0.3, 0.4) is 0 Å². The molecule has 1 aliphatic heterocycles. The number of sulfonamides is 1. The van der Waals surface area contributed by atoms with Crippen molar-refractivity contribution in [1.29, 1.82) is 0 Å². The average molecular weight is 597 g/mol. The zero-order valence-electron chi connectivity index (χ0n) is 23.2. The summed E-state index contributed by atoms with van der Waals surface area (Å²) in [4.78, 5) is 16.8. The second-order valence-electron chi connectivity index (χ2n) is 9.77. The van der Waals surface area contributed by atoms with Crippen molar-refractivity contribution in [3.63, 3.8) is 0 Å². The number of hydrogen-bond acceptors (Lipinski definition) is 12. The summed E-state index contributed by atoms with van der Waals surface area (Å²) in [7, 11) is -1.32. The third-order valence-corrected chi connectivity index (χ3v) is 8.25. The molecular weight excluding hydrogens is 564 g/mol. The van der Waals surface area contributed by atoms with E-state index >= 15 is 0 Å². The molecule has 0 amide bonds. The molecule has 3 aromatic heterocycles. The number of nitrogens with one attached hydrogen (secondary N) is 1. The van der Waals surface area contributed by atoms with E-state index in [2.05, 4.69) is 34.9 Å². The number of aromatic nitrogens is 7. The first-order valence-electron chi connectivity index (χ1n) is 12.7. The Bertz CT molecular complexity index is 1400.